The van der Waals surface area contributed by atoms with Gasteiger partial charge in [0.05, 0.1) is 23.6 Å². The Bertz CT molecular complexity index is 905. The van der Waals surface area contributed by atoms with Crippen LogP contribution in [-0.4, -0.2) is 18.0 Å². The first kappa shape index (κ1) is 16.3. The van der Waals surface area contributed by atoms with Crippen molar-refractivity contribution in [2.45, 2.75) is 18.4 Å². The quantitative estimate of drug-likeness (QED) is 0.388. The van der Waals surface area contributed by atoms with Crippen LogP contribution >= 0.6 is 0 Å². The van der Waals surface area contributed by atoms with Gasteiger partial charge in [-0.2, -0.15) is 0 Å². The molecule has 4 rings (SSSR count). The zero-order valence-corrected chi connectivity index (χ0v) is 14.2. The van der Waals surface area contributed by atoms with Crippen molar-refractivity contribution in [3.8, 4) is 0 Å². The highest BCUT2D eigenvalue weighted by Gasteiger charge is 2.40. The summed E-state index contributed by atoms with van der Waals surface area (Å²) in [4.78, 5) is 22.8. The number of benzene rings is 2. The van der Waals surface area contributed by atoms with Gasteiger partial charge in [-0.3, -0.25) is 10.1 Å². The topological polar surface area (TPSA) is 81.5 Å². The molecule has 3 atom stereocenters. The molecule has 2 aliphatic rings. The molecule has 6 nitrogen and oxygen atoms in total. The van der Waals surface area contributed by atoms with Crippen molar-refractivity contribution in [2.75, 3.05) is 12.4 Å². The van der Waals surface area contributed by atoms with Crippen LogP contribution < -0.4 is 5.32 Å². The Morgan fingerprint density at radius 2 is 2.00 bits per heavy atom. The summed E-state index contributed by atoms with van der Waals surface area (Å²) >= 11 is 0. The number of methoxy groups -OCH3 is 1. The molecule has 0 unspecified atom stereocenters. The van der Waals surface area contributed by atoms with Crippen LogP contribution in [0, 0.1) is 16.0 Å². The molecule has 1 aliphatic heterocycles. The van der Waals surface area contributed by atoms with Gasteiger partial charge in [0.1, 0.15) is 5.69 Å². The van der Waals surface area contributed by atoms with E-state index in [-0.39, 0.29) is 34.5 Å². The van der Waals surface area contributed by atoms with Gasteiger partial charge in [0.25, 0.3) is 5.69 Å². The highest BCUT2D eigenvalue weighted by atomic mass is 16.6. The van der Waals surface area contributed by atoms with E-state index in [1.807, 2.05) is 18.2 Å². The summed E-state index contributed by atoms with van der Waals surface area (Å²) in [5.74, 6) is 0.0551. The number of nitro benzene ring substituents is 1. The summed E-state index contributed by atoms with van der Waals surface area (Å²) in [6, 6.07) is 12.4. The van der Waals surface area contributed by atoms with Gasteiger partial charge in [-0.15, -0.1) is 0 Å². The lowest BCUT2D eigenvalue weighted by molar-refractivity contribution is -0.384. The number of hydrogen-bond donors (Lipinski definition) is 1. The number of esters is 1. The van der Waals surface area contributed by atoms with Crippen molar-refractivity contribution < 1.29 is 14.5 Å². The zero-order chi connectivity index (χ0) is 18.3. The second kappa shape index (κ2) is 6.29. The van der Waals surface area contributed by atoms with Crippen LogP contribution in [0.5, 0.6) is 0 Å². The Hall–Kier alpha value is -3.15. The van der Waals surface area contributed by atoms with Gasteiger partial charge in [-0.25, -0.2) is 4.79 Å². The average molecular weight is 350 g/mol. The van der Waals surface area contributed by atoms with Crippen molar-refractivity contribution in [2.24, 2.45) is 5.92 Å². The summed E-state index contributed by atoms with van der Waals surface area (Å²) in [6.45, 7) is 0. The van der Waals surface area contributed by atoms with Crippen LogP contribution in [0.25, 0.3) is 0 Å². The van der Waals surface area contributed by atoms with Crippen LogP contribution in [0.3, 0.4) is 0 Å². The lowest BCUT2D eigenvalue weighted by atomic mass is 9.76. The third-order valence-electron chi connectivity index (χ3n) is 5.26. The van der Waals surface area contributed by atoms with Gasteiger partial charge < -0.3 is 10.1 Å². The van der Waals surface area contributed by atoms with Gasteiger partial charge in [-0.05, 0) is 35.6 Å². The van der Waals surface area contributed by atoms with Crippen LogP contribution in [0.2, 0.25) is 0 Å². The number of hydrogen-bond acceptors (Lipinski definition) is 5. The molecule has 0 aromatic heterocycles. The Balaban J connectivity index is 1.75. The minimum absolute atomic E-state index is 0.0599. The maximum Gasteiger partial charge on any atom is 0.337 e. The molecular weight excluding hydrogens is 332 g/mol. The molecule has 0 bridgehead atoms. The summed E-state index contributed by atoms with van der Waals surface area (Å²) in [7, 11) is 1.35. The fourth-order valence-corrected chi connectivity index (χ4v) is 4.03. The maximum atomic E-state index is 11.6. The van der Waals surface area contributed by atoms with E-state index in [9.17, 15) is 14.9 Å². The van der Waals surface area contributed by atoms with E-state index in [0.717, 1.165) is 17.5 Å². The van der Waals surface area contributed by atoms with Gasteiger partial charge in [0.2, 0.25) is 0 Å². The number of para-hydroxylation sites is 1. The number of ether oxygens (including phenoxy) is 1. The molecule has 0 amide bonds. The highest BCUT2D eigenvalue weighted by molar-refractivity contribution is 5.89. The first-order chi connectivity index (χ1) is 12.6. The minimum atomic E-state index is -0.380. The molecular formula is C20H18N2O4. The predicted octanol–water partition coefficient (Wildman–Crippen LogP) is 4.21. The molecule has 0 fully saturated rings. The van der Waals surface area contributed by atoms with Crippen LogP contribution in [0.15, 0.2) is 54.6 Å². The van der Waals surface area contributed by atoms with Crippen molar-refractivity contribution in [1.82, 2.24) is 0 Å². The van der Waals surface area contributed by atoms with Crippen molar-refractivity contribution >= 4 is 17.3 Å². The van der Waals surface area contributed by atoms with Gasteiger partial charge in [0.15, 0.2) is 0 Å². The Kier molecular flexibility index (Phi) is 3.95. The second-order valence-electron chi connectivity index (χ2n) is 6.59. The van der Waals surface area contributed by atoms with Gasteiger partial charge in [0, 0.05) is 12.0 Å². The van der Waals surface area contributed by atoms with Crippen LogP contribution in [-0.2, 0) is 4.74 Å². The number of anilines is 1. The van der Waals surface area contributed by atoms with E-state index in [1.165, 1.54) is 13.2 Å². The molecule has 1 aliphatic carbocycles. The van der Waals surface area contributed by atoms with Crippen LogP contribution in [0.4, 0.5) is 11.4 Å². The fraction of sp³-hybridized carbons (Fsp3) is 0.250. The standard InChI is InChI=1S/C20H18N2O4/c1-26-20(23)13-10-8-12(9-11-13)18-15-5-2-4-14(15)16-6-3-7-17(22(24)25)19(16)21-18/h2-4,6-11,14-15,18,21H,5H2,1H3/t14-,15+,18-/m0/s1. The number of carbonyl (C=O) groups is 1. The third kappa shape index (κ3) is 2.54. The maximum absolute atomic E-state index is 11.6. The zero-order valence-electron chi connectivity index (χ0n) is 14.2. The van der Waals surface area contributed by atoms with E-state index < -0.39 is 0 Å². The fourth-order valence-electron chi connectivity index (χ4n) is 4.03. The molecule has 0 saturated carbocycles. The number of allylic oxidation sites excluding steroid dienone is 2. The molecule has 2 aromatic carbocycles. The largest absolute Gasteiger partial charge is 0.465 e. The SMILES string of the molecule is COC(=O)c1ccc([C@@H]2Nc3c(cccc3[N+](=O)[O-])[C@H]3C=CC[C@H]32)cc1. The average Bonchev–Trinajstić information content (AvgIpc) is 3.16. The predicted molar refractivity (Wildman–Crippen MR) is 97.2 cm³/mol. The van der Waals surface area contributed by atoms with E-state index in [4.69, 9.17) is 4.74 Å². The normalized spacial score (nSPS) is 22.9. The Morgan fingerprint density at radius 1 is 1.23 bits per heavy atom. The minimum Gasteiger partial charge on any atom is -0.465 e. The first-order valence-electron chi connectivity index (χ1n) is 8.49. The first-order valence-corrected chi connectivity index (χ1v) is 8.49. The summed E-state index contributed by atoms with van der Waals surface area (Å²) in [5.41, 5.74) is 3.14. The smallest absolute Gasteiger partial charge is 0.337 e. The Labute approximate surface area is 150 Å². The molecule has 0 radical (unpaired) electrons. The van der Waals surface area contributed by atoms with Crippen molar-refractivity contribution in [1.29, 1.82) is 0 Å². The van der Waals surface area contributed by atoms with E-state index >= 15 is 0 Å². The molecule has 6 heteroatoms. The number of nitro groups is 1. The molecule has 1 heterocycles. The number of rotatable bonds is 3. The third-order valence-corrected chi connectivity index (χ3v) is 5.26. The highest BCUT2D eigenvalue weighted by Crippen LogP contribution is 2.51. The molecule has 132 valence electrons. The van der Waals surface area contributed by atoms with E-state index in [2.05, 4.69) is 17.5 Å². The van der Waals surface area contributed by atoms with Crippen molar-refractivity contribution in [3.05, 3.63) is 81.4 Å². The number of nitrogens with zero attached hydrogens (tertiary/aromatic N) is 1. The van der Waals surface area contributed by atoms with Crippen molar-refractivity contribution in [3.63, 3.8) is 0 Å². The van der Waals surface area contributed by atoms with E-state index in [0.29, 0.717) is 11.3 Å². The molecule has 1 N–H and O–H groups in total. The van der Waals surface area contributed by atoms with Gasteiger partial charge in [-0.1, -0.05) is 36.4 Å². The second-order valence-corrected chi connectivity index (χ2v) is 6.59. The lowest BCUT2D eigenvalue weighted by Gasteiger charge is -2.37. The number of carbonyl (C=O) groups excluding carboxylic acids is 1. The number of fused-ring (bicyclic) bond motifs is 3. The molecule has 26 heavy (non-hydrogen) atoms. The summed E-state index contributed by atoms with van der Waals surface area (Å²) in [6.07, 6.45) is 5.19. The monoisotopic (exact) mass is 350 g/mol. The number of nitrogens with one attached hydrogen (secondary N) is 1. The van der Waals surface area contributed by atoms with Gasteiger partial charge >= 0.3 is 5.97 Å². The molecule has 2 aromatic rings. The lowest BCUT2D eigenvalue weighted by Crippen LogP contribution is -2.29. The molecule has 0 spiro atoms. The van der Waals surface area contributed by atoms with Crippen LogP contribution in [0.1, 0.15) is 39.9 Å². The summed E-state index contributed by atoms with van der Waals surface area (Å²) in [5, 5.41) is 14.9. The summed E-state index contributed by atoms with van der Waals surface area (Å²) < 4.78 is 4.74. The Morgan fingerprint density at radius 3 is 2.69 bits per heavy atom. The van der Waals surface area contributed by atoms with E-state index in [1.54, 1.807) is 18.2 Å². The molecule has 0 saturated heterocycles.